The Kier molecular flexibility index (Phi) is 9.10. The van der Waals surface area contributed by atoms with E-state index in [1.54, 1.807) is 11.7 Å². The molecule has 33 heavy (non-hydrogen) atoms. The second kappa shape index (κ2) is 11.6. The minimum atomic E-state index is -0.795. The molecule has 1 aromatic carbocycles. The Bertz CT molecular complexity index is 1020. The van der Waals surface area contributed by atoms with E-state index in [9.17, 15) is 10.1 Å². The average Bonchev–Trinajstić information content (AvgIpc) is 3.01. The van der Waals surface area contributed by atoms with Crippen molar-refractivity contribution in [2.24, 2.45) is 7.05 Å². The van der Waals surface area contributed by atoms with Gasteiger partial charge in [0.05, 0.1) is 12.3 Å². The van der Waals surface area contributed by atoms with E-state index in [4.69, 9.17) is 14.2 Å². The van der Waals surface area contributed by atoms with Gasteiger partial charge in [-0.3, -0.25) is 4.68 Å². The van der Waals surface area contributed by atoms with Crippen LogP contribution in [-0.2, 0) is 26.7 Å². The number of aryl methyl sites for hydroxylation is 2. The van der Waals surface area contributed by atoms with Gasteiger partial charge in [-0.2, -0.15) is 10.4 Å². The van der Waals surface area contributed by atoms with E-state index < -0.39 is 6.16 Å². The zero-order valence-corrected chi connectivity index (χ0v) is 20.8. The number of allylic oxidation sites excluding steroid dienone is 1. The van der Waals surface area contributed by atoms with Crippen LogP contribution in [-0.4, -0.2) is 29.3 Å². The third-order valence-electron chi connectivity index (χ3n) is 5.46. The van der Waals surface area contributed by atoms with Crippen molar-refractivity contribution >= 4 is 17.5 Å². The van der Waals surface area contributed by atoms with Crippen LogP contribution in [0.2, 0.25) is 0 Å². The van der Waals surface area contributed by atoms with E-state index >= 15 is 0 Å². The first-order valence-corrected chi connectivity index (χ1v) is 11.3. The zero-order valence-electron chi connectivity index (χ0n) is 20.8. The first kappa shape index (κ1) is 26.0. The summed E-state index contributed by atoms with van der Waals surface area (Å²) in [6.45, 7) is 12.2. The van der Waals surface area contributed by atoms with Gasteiger partial charge in [-0.05, 0) is 36.8 Å². The van der Waals surface area contributed by atoms with Gasteiger partial charge in [0.15, 0.2) is 5.76 Å². The first-order valence-electron chi connectivity index (χ1n) is 11.3. The number of carbonyl (C=O) groups is 1. The molecule has 7 heteroatoms. The molecule has 0 saturated carbocycles. The predicted octanol–water partition coefficient (Wildman–Crippen LogP) is 6.04. The van der Waals surface area contributed by atoms with Crippen molar-refractivity contribution < 1.29 is 19.0 Å². The van der Waals surface area contributed by atoms with Crippen LogP contribution in [0.15, 0.2) is 24.3 Å². The van der Waals surface area contributed by atoms with Crippen LogP contribution in [0.4, 0.5) is 4.79 Å². The number of hydrogen-bond donors (Lipinski definition) is 0. The van der Waals surface area contributed by atoms with E-state index in [-0.39, 0.29) is 12.2 Å². The molecule has 0 radical (unpaired) electrons. The molecule has 0 aliphatic carbocycles. The van der Waals surface area contributed by atoms with Gasteiger partial charge in [0.1, 0.15) is 17.3 Å². The lowest BCUT2D eigenvalue weighted by Gasteiger charge is -2.19. The van der Waals surface area contributed by atoms with Crippen LogP contribution < -0.4 is 0 Å². The highest BCUT2D eigenvalue weighted by Gasteiger charge is 2.22. The molecule has 2 rings (SSSR count). The Morgan fingerprint density at radius 2 is 1.76 bits per heavy atom. The van der Waals surface area contributed by atoms with Gasteiger partial charge in [0.25, 0.3) is 0 Å². The van der Waals surface area contributed by atoms with Crippen molar-refractivity contribution in [3.05, 3.63) is 52.3 Å². The van der Waals surface area contributed by atoms with Crippen LogP contribution in [0.3, 0.4) is 0 Å². The molecule has 0 bridgehead atoms. The Labute approximate surface area is 197 Å². The van der Waals surface area contributed by atoms with Crippen molar-refractivity contribution in [3.63, 3.8) is 0 Å². The van der Waals surface area contributed by atoms with Gasteiger partial charge in [-0.1, -0.05) is 64.8 Å². The monoisotopic (exact) mass is 453 g/mol. The SMILES string of the molecule is CCCCCOC(=O)OCO/C(=C(/C#N)c1ccc(C(C)(C)C)cc1)c1c(C)c(C)nn1C. The lowest BCUT2D eigenvalue weighted by atomic mass is 9.86. The molecule has 2 aromatic rings. The fourth-order valence-corrected chi connectivity index (χ4v) is 3.41. The minimum absolute atomic E-state index is 0.00451. The van der Waals surface area contributed by atoms with E-state index in [2.05, 4.69) is 38.9 Å². The number of ether oxygens (including phenoxy) is 3. The van der Waals surface area contributed by atoms with Crippen molar-refractivity contribution in [1.29, 1.82) is 5.26 Å². The molecule has 0 unspecified atom stereocenters. The largest absolute Gasteiger partial charge is 0.511 e. The number of unbranched alkanes of at least 4 members (excludes halogenated alkanes) is 2. The number of benzene rings is 1. The van der Waals surface area contributed by atoms with Crippen LogP contribution in [0.25, 0.3) is 11.3 Å². The lowest BCUT2D eigenvalue weighted by molar-refractivity contribution is -0.00614. The van der Waals surface area contributed by atoms with E-state index in [0.717, 1.165) is 36.1 Å². The number of nitrogens with zero attached hydrogens (tertiary/aromatic N) is 3. The van der Waals surface area contributed by atoms with Gasteiger partial charge < -0.3 is 14.2 Å². The van der Waals surface area contributed by atoms with Crippen LogP contribution in [0, 0.1) is 25.2 Å². The summed E-state index contributed by atoms with van der Waals surface area (Å²) in [6, 6.07) is 10.1. The van der Waals surface area contributed by atoms with E-state index in [1.165, 1.54) is 0 Å². The molecule has 0 N–H and O–H groups in total. The highest BCUT2D eigenvalue weighted by atomic mass is 16.8. The first-order chi connectivity index (χ1) is 15.6. The van der Waals surface area contributed by atoms with E-state index in [0.29, 0.717) is 29.2 Å². The third-order valence-corrected chi connectivity index (χ3v) is 5.46. The molecule has 0 spiro atoms. The molecule has 7 nitrogen and oxygen atoms in total. The number of hydrogen-bond acceptors (Lipinski definition) is 6. The summed E-state index contributed by atoms with van der Waals surface area (Å²) in [7, 11) is 1.79. The molecule has 1 aromatic heterocycles. The molecule has 178 valence electrons. The molecule has 0 atom stereocenters. The van der Waals surface area contributed by atoms with Crippen molar-refractivity contribution in [1.82, 2.24) is 9.78 Å². The summed E-state index contributed by atoms with van der Waals surface area (Å²) >= 11 is 0. The number of carbonyl (C=O) groups excluding carboxylic acids is 1. The smallest absolute Gasteiger partial charge is 0.454 e. The maximum atomic E-state index is 11.9. The maximum absolute atomic E-state index is 11.9. The molecule has 0 amide bonds. The third kappa shape index (κ3) is 6.85. The summed E-state index contributed by atoms with van der Waals surface area (Å²) in [6.07, 6.45) is 2.01. The number of rotatable bonds is 9. The highest BCUT2D eigenvalue weighted by molar-refractivity contribution is 5.94. The summed E-state index contributed by atoms with van der Waals surface area (Å²) in [5, 5.41) is 14.5. The van der Waals surface area contributed by atoms with Crippen LogP contribution in [0.1, 0.15) is 75.0 Å². The van der Waals surface area contributed by atoms with Crippen LogP contribution in [0.5, 0.6) is 0 Å². The molecule has 0 aliphatic heterocycles. The van der Waals surface area contributed by atoms with Crippen molar-refractivity contribution in [2.45, 2.75) is 66.2 Å². The Morgan fingerprint density at radius 3 is 2.27 bits per heavy atom. The summed E-state index contributed by atoms with van der Waals surface area (Å²) in [5.74, 6) is 0.306. The van der Waals surface area contributed by atoms with Crippen molar-refractivity contribution in [3.8, 4) is 6.07 Å². The highest BCUT2D eigenvalue weighted by Crippen LogP contribution is 2.31. The average molecular weight is 454 g/mol. The Hall–Kier alpha value is -3.27. The summed E-state index contributed by atoms with van der Waals surface area (Å²) < 4.78 is 17.7. The van der Waals surface area contributed by atoms with Crippen molar-refractivity contribution in [2.75, 3.05) is 13.4 Å². The zero-order chi connectivity index (χ0) is 24.6. The predicted molar refractivity (Wildman–Crippen MR) is 128 cm³/mol. The standard InChI is InChI=1S/C26H35N3O4/c1-8-9-10-15-31-25(30)33-17-32-24(23-18(2)19(3)28-29(23)7)22(16-27)20-11-13-21(14-12-20)26(4,5)6/h11-14H,8-10,15,17H2,1-7H3/b24-22-. The van der Waals surface area contributed by atoms with Gasteiger partial charge in [0, 0.05) is 12.6 Å². The summed E-state index contributed by atoms with van der Waals surface area (Å²) in [5.41, 5.74) is 4.56. The quantitative estimate of drug-likeness (QED) is 0.151. The fourth-order valence-electron chi connectivity index (χ4n) is 3.41. The topological polar surface area (TPSA) is 86.4 Å². The molecule has 0 saturated heterocycles. The number of nitriles is 1. The van der Waals surface area contributed by atoms with E-state index in [1.807, 2.05) is 38.1 Å². The molecule has 0 aliphatic rings. The Balaban J connectivity index is 2.35. The summed E-state index contributed by atoms with van der Waals surface area (Å²) in [4.78, 5) is 11.9. The second-order valence-electron chi connectivity index (χ2n) is 9.04. The van der Waals surface area contributed by atoms with Gasteiger partial charge in [-0.15, -0.1) is 0 Å². The molecular formula is C26H35N3O4. The molecule has 1 heterocycles. The van der Waals surface area contributed by atoms with Gasteiger partial charge in [-0.25, -0.2) is 4.79 Å². The molecule has 0 fully saturated rings. The lowest BCUT2D eigenvalue weighted by Crippen LogP contribution is -2.13. The fraction of sp³-hybridized carbons (Fsp3) is 0.500. The minimum Gasteiger partial charge on any atom is -0.454 e. The normalized spacial score (nSPS) is 12.1. The maximum Gasteiger partial charge on any atom is 0.511 e. The Morgan fingerprint density at radius 1 is 1.09 bits per heavy atom. The van der Waals surface area contributed by atoms with Gasteiger partial charge >= 0.3 is 6.16 Å². The van der Waals surface area contributed by atoms with Crippen LogP contribution >= 0.6 is 0 Å². The second-order valence-corrected chi connectivity index (χ2v) is 9.04. The molecular weight excluding hydrogens is 418 g/mol. The van der Waals surface area contributed by atoms with Gasteiger partial charge in [0.2, 0.25) is 6.79 Å². The number of aromatic nitrogens is 2.